The topological polar surface area (TPSA) is 61.8 Å². The van der Waals surface area contributed by atoms with Crippen LogP contribution in [0.1, 0.15) is 23.7 Å². The minimum absolute atomic E-state index is 0.0522. The van der Waals surface area contributed by atoms with Gasteiger partial charge in [-0.25, -0.2) is 0 Å². The molecule has 1 atom stereocenters. The average Bonchev–Trinajstić information content (AvgIpc) is 2.35. The summed E-state index contributed by atoms with van der Waals surface area (Å²) in [4.78, 5) is 14.1. The van der Waals surface area contributed by atoms with Crippen LogP contribution < -0.4 is 10.1 Å². The van der Waals surface area contributed by atoms with Crippen LogP contribution in [0.25, 0.3) is 0 Å². The Morgan fingerprint density at radius 3 is 2.68 bits per heavy atom. The Morgan fingerprint density at radius 2 is 2.16 bits per heavy atom. The number of phenolic OH excluding ortho intramolecular Hbond substituents is 1. The van der Waals surface area contributed by atoms with Crippen LogP contribution in [0.3, 0.4) is 0 Å². The lowest BCUT2D eigenvalue weighted by molar-refractivity contribution is 0.0934. The maximum absolute atomic E-state index is 12.0. The van der Waals surface area contributed by atoms with Gasteiger partial charge >= 0.3 is 0 Å². The van der Waals surface area contributed by atoms with Crippen molar-refractivity contribution in [3.8, 4) is 11.5 Å². The molecular weight excluding hydrogens is 244 g/mol. The number of hydrogen-bond acceptors (Lipinski definition) is 4. The van der Waals surface area contributed by atoms with Gasteiger partial charge in [-0.15, -0.1) is 0 Å². The van der Waals surface area contributed by atoms with E-state index in [-0.39, 0.29) is 23.3 Å². The number of carbonyl (C=O) groups excluding carboxylic acids is 1. The maximum atomic E-state index is 12.0. The molecular formula is C14H22N2O3. The molecule has 0 saturated heterocycles. The molecule has 106 valence electrons. The van der Waals surface area contributed by atoms with E-state index in [1.165, 1.54) is 13.2 Å². The van der Waals surface area contributed by atoms with Crippen LogP contribution in [-0.4, -0.2) is 49.7 Å². The maximum Gasteiger partial charge on any atom is 0.255 e. The van der Waals surface area contributed by atoms with E-state index in [0.29, 0.717) is 5.75 Å². The van der Waals surface area contributed by atoms with E-state index in [1.54, 1.807) is 12.1 Å². The van der Waals surface area contributed by atoms with E-state index in [0.717, 1.165) is 13.0 Å². The second-order valence-electron chi connectivity index (χ2n) is 4.85. The highest BCUT2D eigenvalue weighted by molar-refractivity contribution is 5.97. The van der Waals surface area contributed by atoms with Gasteiger partial charge in [0.05, 0.1) is 12.7 Å². The first-order valence-corrected chi connectivity index (χ1v) is 6.26. The summed E-state index contributed by atoms with van der Waals surface area (Å²) in [6.07, 6.45) is 0.857. The van der Waals surface area contributed by atoms with Crippen molar-refractivity contribution >= 4 is 5.91 Å². The average molecular weight is 266 g/mol. The Morgan fingerprint density at radius 1 is 1.47 bits per heavy atom. The van der Waals surface area contributed by atoms with Gasteiger partial charge in [0.25, 0.3) is 5.91 Å². The highest BCUT2D eigenvalue weighted by Gasteiger charge is 2.14. The molecule has 0 aliphatic heterocycles. The number of carbonyl (C=O) groups is 1. The van der Waals surface area contributed by atoms with Crippen molar-refractivity contribution in [2.24, 2.45) is 0 Å². The molecule has 0 spiro atoms. The van der Waals surface area contributed by atoms with Gasteiger partial charge in [-0.2, -0.15) is 0 Å². The number of rotatable bonds is 6. The monoisotopic (exact) mass is 266 g/mol. The fourth-order valence-electron chi connectivity index (χ4n) is 1.66. The highest BCUT2D eigenvalue weighted by Crippen LogP contribution is 2.23. The number of hydrogen-bond donors (Lipinski definition) is 2. The largest absolute Gasteiger partial charge is 0.507 e. The van der Waals surface area contributed by atoms with Crippen molar-refractivity contribution in [2.75, 3.05) is 27.7 Å². The quantitative estimate of drug-likeness (QED) is 0.818. The van der Waals surface area contributed by atoms with Crippen LogP contribution >= 0.6 is 0 Å². The predicted octanol–water partition coefficient (Wildman–Crippen LogP) is 1.47. The van der Waals surface area contributed by atoms with Gasteiger partial charge in [-0.1, -0.05) is 0 Å². The molecule has 1 rings (SSSR count). The van der Waals surface area contributed by atoms with Gasteiger partial charge in [0.15, 0.2) is 0 Å². The number of ether oxygens (including phenoxy) is 1. The van der Waals surface area contributed by atoms with Gasteiger partial charge in [0.2, 0.25) is 0 Å². The molecule has 1 aromatic carbocycles. The summed E-state index contributed by atoms with van der Waals surface area (Å²) < 4.78 is 4.98. The number of phenols is 1. The third-order valence-corrected chi connectivity index (χ3v) is 2.84. The highest BCUT2D eigenvalue weighted by atomic mass is 16.5. The van der Waals surface area contributed by atoms with Crippen molar-refractivity contribution in [2.45, 2.75) is 19.4 Å². The molecule has 0 heterocycles. The number of benzene rings is 1. The molecule has 0 saturated carbocycles. The first-order valence-electron chi connectivity index (χ1n) is 6.26. The van der Waals surface area contributed by atoms with Crippen LogP contribution in [0.5, 0.6) is 11.5 Å². The van der Waals surface area contributed by atoms with Gasteiger partial charge in [-0.3, -0.25) is 4.79 Å². The first-order chi connectivity index (χ1) is 8.93. The fraction of sp³-hybridized carbons (Fsp3) is 0.500. The molecule has 0 aliphatic carbocycles. The van der Waals surface area contributed by atoms with Crippen LogP contribution in [0.4, 0.5) is 0 Å². The van der Waals surface area contributed by atoms with E-state index in [9.17, 15) is 9.90 Å². The number of nitrogens with one attached hydrogen (secondary N) is 1. The molecule has 2 N–H and O–H groups in total. The summed E-state index contributed by atoms with van der Waals surface area (Å²) in [5.74, 6) is 0.178. The minimum atomic E-state index is -0.272. The van der Waals surface area contributed by atoms with E-state index >= 15 is 0 Å². The van der Waals surface area contributed by atoms with Crippen LogP contribution in [-0.2, 0) is 0 Å². The third-order valence-electron chi connectivity index (χ3n) is 2.84. The third kappa shape index (κ3) is 4.79. The second kappa shape index (κ2) is 6.99. The molecule has 1 amide bonds. The molecule has 5 nitrogen and oxygen atoms in total. The van der Waals surface area contributed by atoms with E-state index in [1.807, 2.05) is 21.0 Å². The summed E-state index contributed by atoms with van der Waals surface area (Å²) in [5, 5.41) is 12.6. The Hall–Kier alpha value is -1.75. The Kier molecular flexibility index (Phi) is 5.63. The molecule has 1 unspecified atom stereocenters. The summed E-state index contributed by atoms with van der Waals surface area (Å²) in [6, 6.07) is 4.69. The predicted molar refractivity (Wildman–Crippen MR) is 74.8 cm³/mol. The van der Waals surface area contributed by atoms with Gasteiger partial charge in [-0.05, 0) is 46.1 Å². The van der Waals surface area contributed by atoms with Crippen molar-refractivity contribution in [3.05, 3.63) is 23.8 Å². The van der Waals surface area contributed by atoms with Crippen LogP contribution in [0, 0.1) is 0 Å². The molecule has 5 heteroatoms. The summed E-state index contributed by atoms with van der Waals surface area (Å²) in [6.45, 7) is 2.85. The van der Waals surface area contributed by atoms with Gasteiger partial charge < -0.3 is 20.1 Å². The van der Waals surface area contributed by atoms with E-state index in [2.05, 4.69) is 10.2 Å². The summed E-state index contributed by atoms with van der Waals surface area (Å²) in [5.41, 5.74) is 0.262. The number of nitrogens with zero attached hydrogens (tertiary/aromatic N) is 1. The van der Waals surface area contributed by atoms with Crippen molar-refractivity contribution < 1.29 is 14.6 Å². The molecule has 1 aromatic rings. The lowest BCUT2D eigenvalue weighted by Gasteiger charge is -2.17. The lowest BCUT2D eigenvalue weighted by atomic mass is 10.1. The second-order valence-corrected chi connectivity index (χ2v) is 4.85. The number of methoxy groups -OCH3 is 1. The van der Waals surface area contributed by atoms with E-state index < -0.39 is 0 Å². The molecule has 0 bridgehead atoms. The van der Waals surface area contributed by atoms with Crippen LogP contribution in [0.2, 0.25) is 0 Å². The van der Waals surface area contributed by atoms with Crippen LogP contribution in [0.15, 0.2) is 18.2 Å². The summed E-state index contributed by atoms with van der Waals surface area (Å²) in [7, 11) is 5.49. The zero-order valence-electron chi connectivity index (χ0n) is 11.9. The van der Waals surface area contributed by atoms with Crippen molar-refractivity contribution in [1.82, 2.24) is 10.2 Å². The zero-order chi connectivity index (χ0) is 14.4. The first kappa shape index (κ1) is 15.3. The SMILES string of the molecule is COc1ccc(C(=O)NC(C)CCN(C)C)c(O)c1. The molecule has 0 fully saturated rings. The molecule has 19 heavy (non-hydrogen) atoms. The Balaban J connectivity index is 2.62. The van der Waals surface area contributed by atoms with Gasteiger partial charge in [0.1, 0.15) is 11.5 Å². The molecule has 0 radical (unpaired) electrons. The lowest BCUT2D eigenvalue weighted by Crippen LogP contribution is -2.34. The molecule has 0 aromatic heterocycles. The smallest absolute Gasteiger partial charge is 0.255 e. The standard InChI is InChI=1S/C14H22N2O3/c1-10(7-8-16(2)3)15-14(18)12-6-5-11(19-4)9-13(12)17/h5-6,9-10,17H,7-8H2,1-4H3,(H,15,18). The van der Waals surface area contributed by atoms with Gasteiger partial charge in [0, 0.05) is 12.1 Å². The van der Waals surface area contributed by atoms with Crippen molar-refractivity contribution in [1.29, 1.82) is 0 Å². The minimum Gasteiger partial charge on any atom is -0.507 e. The van der Waals surface area contributed by atoms with E-state index in [4.69, 9.17) is 4.74 Å². The fourth-order valence-corrected chi connectivity index (χ4v) is 1.66. The number of aromatic hydroxyl groups is 1. The normalized spacial score (nSPS) is 12.3. The Labute approximate surface area is 114 Å². The van der Waals surface area contributed by atoms with Crippen molar-refractivity contribution in [3.63, 3.8) is 0 Å². The zero-order valence-corrected chi connectivity index (χ0v) is 11.9. The Bertz CT molecular complexity index is 433. The number of amides is 1. The molecule has 0 aliphatic rings. The summed E-state index contributed by atoms with van der Waals surface area (Å²) >= 11 is 0.